The van der Waals surface area contributed by atoms with Gasteiger partial charge in [-0.3, -0.25) is 4.90 Å². The van der Waals surface area contributed by atoms with E-state index >= 15 is 0 Å². The van der Waals surface area contributed by atoms with Crippen molar-refractivity contribution in [3.8, 4) is 0 Å². The Morgan fingerprint density at radius 1 is 1.18 bits per heavy atom. The third-order valence-corrected chi connectivity index (χ3v) is 4.00. The van der Waals surface area contributed by atoms with Crippen molar-refractivity contribution in [3.63, 3.8) is 0 Å². The van der Waals surface area contributed by atoms with Crippen molar-refractivity contribution in [2.75, 3.05) is 13.2 Å². The summed E-state index contributed by atoms with van der Waals surface area (Å²) in [6.45, 7) is 2.11. The van der Waals surface area contributed by atoms with Gasteiger partial charge in [0.1, 0.15) is 0 Å². The van der Waals surface area contributed by atoms with Crippen LogP contribution in [0.3, 0.4) is 0 Å². The molecule has 1 aromatic rings. The van der Waals surface area contributed by atoms with Gasteiger partial charge in [0.05, 0.1) is 6.61 Å². The lowest BCUT2D eigenvalue weighted by molar-refractivity contribution is 0.183. The van der Waals surface area contributed by atoms with Crippen LogP contribution in [0.5, 0.6) is 0 Å². The molecule has 92 valence electrons. The van der Waals surface area contributed by atoms with E-state index in [9.17, 15) is 0 Å². The number of rotatable bonds is 5. The third kappa shape index (κ3) is 2.53. The average molecular weight is 231 g/mol. The molecule has 0 atom stereocenters. The molecule has 3 rings (SSSR count). The molecule has 0 spiro atoms. The van der Waals surface area contributed by atoms with Gasteiger partial charge in [0.2, 0.25) is 0 Å². The molecule has 0 saturated heterocycles. The zero-order chi connectivity index (χ0) is 11.7. The molecule has 0 amide bonds. The molecule has 1 aromatic carbocycles. The molecule has 2 nitrogen and oxygen atoms in total. The first-order chi connectivity index (χ1) is 8.36. The summed E-state index contributed by atoms with van der Waals surface area (Å²) >= 11 is 0. The largest absolute Gasteiger partial charge is 0.395 e. The van der Waals surface area contributed by atoms with Crippen LogP contribution < -0.4 is 0 Å². The van der Waals surface area contributed by atoms with E-state index in [2.05, 4.69) is 23.1 Å². The fourth-order valence-corrected chi connectivity index (χ4v) is 2.92. The minimum atomic E-state index is 0.279. The normalized spacial score (nSPS) is 18.7. The third-order valence-electron chi connectivity index (χ3n) is 4.00. The SMILES string of the molecule is OCCN(Cc1ccc2c(c1)CCC2)C1CC1. The summed E-state index contributed by atoms with van der Waals surface area (Å²) in [4.78, 5) is 2.43. The Morgan fingerprint density at radius 2 is 2.00 bits per heavy atom. The Kier molecular flexibility index (Phi) is 3.17. The molecule has 17 heavy (non-hydrogen) atoms. The highest BCUT2D eigenvalue weighted by molar-refractivity contribution is 5.35. The van der Waals surface area contributed by atoms with E-state index in [4.69, 9.17) is 5.11 Å². The Bertz CT molecular complexity index is 398. The van der Waals surface area contributed by atoms with E-state index in [1.54, 1.807) is 11.1 Å². The Balaban J connectivity index is 1.70. The number of aliphatic hydroxyl groups excluding tert-OH is 1. The number of hydrogen-bond acceptors (Lipinski definition) is 2. The van der Waals surface area contributed by atoms with Gasteiger partial charge in [0.15, 0.2) is 0 Å². The van der Waals surface area contributed by atoms with Gasteiger partial charge < -0.3 is 5.11 Å². The Labute approximate surface area is 103 Å². The highest BCUT2D eigenvalue weighted by atomic mass is 16.3. The van der Waals surface area contributed by atoms with Crippen LogP contribution in [0.2, 0.25) is 0 Å². The quantitative estimate of drug-likeness (QED) is 0.839. The van der Waals surface area contributed by atoms with Gasteiger partial charge in [-0.15, -0.1) is 0 Å². The number of hydrogen-bond donors (Lipinski definition) is 1. The summed E-state index contributed by atoms with van der Waals surface area (Å²) in [7, 11) is 0. The number of fused-ring (bicyclic) bond motifs is 1. The maximum Gasteiger partial charge on any atom is 0.0558 e. The van der Waals surface area contributed by atoms with Gasteiger partial charge in [-0.25, -0.2) is 0 Å². The minimum Gasteiger partial charge on any atom is -0.395 e. The van der Waals surface area contributed by atoms with E-state index < -0.39 is 0 Å². The molecule has 0 bridgehead atoms. The minimum absolute atomic E-state index is 0.279. The van der Waals surface area contributed by atoms with E-state index in [1.165, 1.54) is 37.7 Å². The van der Waals surface area contributed by atoms with Crippen LogP contribution in [0.1, 0.15) is 36.0 Å². The first-order valence-corrected chi connectivity index (χ1v) is 6.82. The van der Waals surface area contributed by atoms with Crippen LogP contribution in [-0.4, -0.2) is 29.2 Å². The van der Waals surface area contributed by atoms with Crippen LogP contribution in [-0.2, 0) is 19.4 Å². The van der Waals surface area contributed by atoms with Crippen molar-refractivity contribution < 1.29 is 5.11 Å². The summed E-state index contributed by atoms with van der Waals surface area (Å²) in [5.41, 5.74) is 4.53. The first-order valence-electron chi connectivity index (χ1n) is 6.82. The van der Waals surface area contributed by atoms with Crippen molar-refractivity contribution in [1.29, 1.82) is 0 Å². The molecule has 2 aliphatic carbocycles. The van der Waals surface area contributed by atoms with E-state index in [1.807, 2.05) is 0 Å². The molecular formula is C15H21NO. The molecule has 0 aromatic heterocycles. The number of nitrogens with zero attached hydrogens (tertiary/aromatic N) is 1. The second kappa shape index (κ2) is 4.79. The fourth-order valence-electron chi connectivity index (χ4n) is 2.92. The number of benzene rings is 1. The smallest absolute Gasteiger partial charge is 0.0558 e. The second-order valence-electron chi connectivity index (χ2n) is 5.38. The van der Waals surface area contributed by atoms with Crippen molar-refractivity contribution in [3.05, 3.63) is 34.9 Å². The summed E-state index contributed by atoms with van der Waals surface area (Å²) < 4.78 is 0. The second-order valence-corrected chi connectivity index (χ2v) is 5.38. The van der Waals surface area contributed by atoms with Gasteiger partial charge in [-0.2, -0.15) is 0 Å². The van der Waals surface area contributed by atoms with Gasteiger partial charge in [0.25, 0.3) is 0 Å². The highest BCUT2D eigenvalue weighted by Gasteiger charge is 2.28. The van der Waals surface area contributed by atoms with Crippen LogP contribution in [0.25, 0.3) is 0 Å². The van der Waals surface area contributed by atoms with Crippen molar-refractivity contribution in [2.45, 2.75) is 44.7 Å². The molecule has 0 heterocycles. The molecule has 2 aliphatic rings. The summed E-state index contributed by atoms with van der Waals surface area (Å²) in [6.07, 6.45) is 6.46. The standard InChI is InChI=1S/C15H21NO/c17-9-8-16(15-6-7-15)11-12-4-5-13-2-1-3-14(13)10-12/h4-5,10,15,17H,1-3,6-9,11H2. The molecule has 1 N–H and O–H groups in total. The van der Waals surface area contributed by atoms with E-state index in [0.717, 1.165) is 19.1 Å². The summed E-state index contributed by atoms with van der Waals surface area (Å²) in [5, 5.41) is 9.10. The predicted molar refractivity (Wildman–Crippen MR) is 69.0 cm³/mol. The molecule has 1 fully saturated rings. The first kappa shape index (κ1) is 11.2. The lowest BCUT2D eigenvalue weighted by Crippen LogP contribution is -2.28. The summed E-state index contributed by atoms with van der Waals surface area (Å²) in [6, 6.07) is 7.70. The highest BCUT2D eigenvalue weighted by Crippen LogP contribution is 2.29. The van der Waals surface area contributed by atoms with Gasteiger partial charge in [-0.1, -0.05) is 18.2 Å². The molecular weight excluding hydrogens is 210 g/mol. The van der Waals surface area contributed by atoms with Gasteiger partial charge in [0, 0.05) is 19.1 Å². The van der Waals surface area contributed by atoms with E-state index in [0.29, 0.717) is 0 Å². The van der Waals surface area contributed by atoms with Crippen molar-refractivity contribution >= 4 is 0 Å². The van der Waals surface area contributed by atoms with Crippen molar-refractivity contribution in [2.24, 2.45) is 0 Å². The maximum atomic E-state index is 9.10. The van der Waals surface area contributed by atoms with Gasteiger partial charge >= 0.3 is 0 Å². The Morgan fingerprint density at radius 3 is 2.76 bits per heavy atom. The van der Waals surface area contributed by atoms with Crippen LogP contribution in [0.15, 0.2) is 18.2 Å². The van der Waals surface area contributed by atoms with Crippen LogP contribution in [0, 0.1) is 0 Å². The molecule has 2 heteroatoms. The molecule has 0 aliphatic heterocycles. The average Bonchev–Trinajstić information content (AvgIpc) is 3.07. The maximum absolute atomic E-state index is 9.10. The van der Waals surface area contributed by atoms with Crippen molar-refractivity contribution in [1.82, 2.24) is 4.90 Å². The molecule has 1 saturated carbocycles. The van der Waals surface area contributed by atoms with E-state index in [-0.39, 0.29) is 6.61 Å². The molecule has 0 radical (unpaired) electrons. The number of aryl methyl sites for hydroxylation is 2. The number of aliphatic hydroxyl groups is 1. The Hall–Kier alpha value is -0.860. The lowest BCUT2D eigenvalue weighted by Gasteiger charge is -2.21. The van der Waals surface area contributed by atoms with Crippen LogP contribution >= 0.6 is 0 Å². The fraction of sp³-hybridized carbons (Fsp3) is 0.600. The zero-order valence-electron chi connectivity index (χ0n) is 10.4. The topological polar surface area (TPSA) is 23.5 Å². The van der Waals surface area contributed by atoms with Crippen LogP contribution in [0.4, 0.5) is 0 Å². The van der Waals surface area contributed by atoms with Gasteiger partial charge in [-0.05, 0) is 48.8 Å². The summed E-state index contributed by atoms with van der Waals surface area (Å²) in [5.74, 6) is 0. The monoisotopic (exact) mass is 231 g/mol. The predicted octanol–water partition coefficient (Wildman–Crippen LogP) is 2.13. The lowest BCUT2D eigenvalue weighted by atomic mass is 10.1. The zero-order valence-corrected chi connectivity index (χ0v) is 10.4. The molecule has 0 unspecified atom stereocenters.